The van der Waals surface area contributed by atoms with Crippen molar-refractivity contribution in [3.63, 3.8) is 0 Å². The van der Waals surface area contributed by atoms with E-state index in [9.17, 15) is 68.1 Å². The number of rotatable bonds is 77. The van der Waals surface area contributed by atoms with Crippen LogP contribution in [0.5, 0.6) is 0 Å². The third-order valence-corrected chi connectivity index (χ3v) is 22.7. The van der Waals surface area contributed by atoms with E-state index in [4.69, 9.17) is 137 Å². The Hall–Kier alpha value is -7.36. The van der Waals surface area contributed by atoms with Crippen LogP contribution >= 0.6 is 25.8 Å². The van der Waals surface area contributed by atoms with E-state index in [2.05, 4.69) is 32.9 Å². The first kappa shape index (κ1) is 123. The van der Waals surface area contributed by atoms with Gasteiger partial charge in [-0.15, -0.1) is 0 Å². The van der Waals surface area contributed by atoms with Crippen molar-refractivity contribution in [1.29, 1.82) is 10.5 Å². The van der Waals surface area contributed by atoms with Gasteiger partial charge in [-0.3, -0.25) is 57.5 Å². The Kier molecular flexibility index (Phi) is 67.4. The van der Waals surface area contributed by atoms with Crippen molar-refractivity contribution in [3.8, 4) is 12.1 Å². The van der Waals surface area contributed by atoms with E-state index in [1.165, 1.54) is 41.5 Å². The zero-order chi connectivity index (χ0) is 100. The van der Waals surface area contributed by atoms with Crippen LogP contribution in [0.2, 0.25) is 0 Å². The molecule has 0 aromatic rings. The first-order valence-corrected chi connectivity index (χ1v) is 49.0. The van der Waals surface area contributed by atoms with Crippen molar-refractivity contribution >= 4 is 97.3 Å². The molecule has 136 heavy (non-hydrogen) atoms. The molecule has 3 fully saturated rings. The van der Waals surface area contributed by atoms with Gasteiger partial charge in [0.2, 0.25) is 24.3 Å². The maximum Gasteiger partial charge on any atom is 0.332 e. The molecule has 3 amide bonds. The lowest BCUT2D eigenvalue weighted by atomic mass is 9.92. The molecule has 18 atom stereocenters. The lowest BCUT2D eigenvalue weighted by Gasteiger charge is -2.44. The molecule has 46 nitrogen and oxygen atoms in total. The van der Waals surface area contributed by atoms with Gasteiger partial charge in [0.15, 0.2) is 55.5 Å². The van der Waals surface area contributed by atoms with Crippen LogP contribution in [0.1, 0.15) is 212 Å². The van der Waals surface area contributed by atoms with E-state index in [0.29, 0.717) is 103 Å². The summed E-state index contributed by atoms with van der Waals surface area (Å²) in [7, 11) is -5.67. The zero-order valence-electron chi connectivity index (χ0n) is 80.6. The fourth-order valence-electron chi connectivity index (χ4n) is 13.4. The summed E-state index contributed by atoms with van der Waals surface area (Å²) in [5, 5.41) is 26.7. The van der Waals surface area contributed by atoms with Crippen molar-refractivity contribution in [1.82, 2.24) is 16.0 Å². The molecule has 0 spiro atoms. The number of amides is 3. The fourth-order valence-corrected chi connectivity index (χ4v) is 16.4. The quantitative estimate of drug-likeness (QED) is 0.0169. The van der Waals surface area contributed by atoms with Crippen LogP contribution in [-0.2, 0) is 188 Å². The van der Waals surface area contributed by atoms with Gasteiger partial charge < -0.3 is 152 Å². The molecule has 3 aliphatic heterocycles. The van der Waals surface area contributed by atoms with Crippen LogP contribution in [0.15, 0.2) is 0 Å². The molecule has 776 valence electrons. The van der Waals surface area contributed by atoms with E-state index in [1.807, 2.05) is 6.92 Å². The number of hydrogen-bond acceptors (Lipinski definition) is 42. The number of carbonyl (C=O) groups is 12. The fraction of sp³-hybridized carbons (Fsp3) is 0.828. The summed E-state index contributed by atoms with van der Waals surface area (Å²) in [4.78, 5) is 150. The molecule has 0 aromatic heterocycles. The van der Waals surface area contributed by atoms with Gasteiger partial charge in [-0.1, -0.05) is 51.9 Å². The molecule has 49 heteroatoms. The van der Waals surface area contributed by atoms with E-state index in [0.717, 1.165) is 54.4 Å². The molecule has 0 radical (unpaired) electrons. The molecule has 0 saturated carbocycles. The number of carbonyl (C=O) groups excluding carboxylic acids is 12. The van der Waals surface area contributed by atoms with E-state index < -0.39 is 195 Å². The number of unbranched alkanes of at least 4 members (excludes halogenated alkanes) is 10. The van der Waals surface area contributed by atoms with E-state index in [-0.39, 0.29) is 165 Å². The smallest absolute Gasteiger partial charge is 0.332 e. The first-order valence-electron chi connectivity index (χ1n) is 45.8. The maximum absolute atomic E-state index is 12.4. The summed E-state index contributed by atoms with van der Waals surface area (Å²) < 4.78 is 165. The molecule has 3 saturated heterocycles. The summed E-state index contributed by atoms with van der Waals surface area (Å²) in [6.45, 7) is 25.9. The molecule has 0 bridgehead atoms. The molecule has 9 unspecified atom stereocenters. The monoisotopic (exact) mass is 2000 g/mol. The van der Waals surface area contributed by atoms with Gasteiger partial charge in [-0.2, -0.15) is 10.5 Å². The Morgan fingerprint density at radius 2 is 0.559 bits per heavy atom. The van der Waals surface area contributed by atoms with Crippen molar-refractivity contribution < 1.29 is 188 Å². The molecule has 3 N–H and O–H groups in total. The lowest BCUT2D eigenvalue weighted by Crippen LogP contribution is -2.66. The summed E-state index contributed by atoms with van der Waals surface area (Å²) in [6, 6.07) is 0.788. The van der Waals surface area contributed by atoms with Crippen LogP contribution in [0, 0.1) is 34.6 Å². The Bertz CT molecular complexity index is 3240. The summed E-state index contributed by atoms with van der Waals surface area (Å²) in [5.74, 6) is -7.86. The first-order chi connectivity index (χ1) is 65.2. The van der Waals surface area contributed by atoms with Crippen LogP contribution in [0.4, 0.5) is 0 Å². The predicted molar refractivity (Wildman–Crippen MR) is 476 cm³/mol. The minimum atomic E-state index is -1.89. The van der Waals surface area contributed by atoms with E-state index >= 15 is 0 Å². The van der Waals surface area contributed by atoms with Crippen LogP contribution in [-0.4, -0.2) is 322 Å². The van der Waals surface area contributed by atoms with Gasteiger partial charge in [0.05, 0.1) is 110 Å². The third-order valence-electron chi connectivity index (χ3n) is 19.2. The zero-order valence-corrected chi connectivity index (χ0v) is 83.3. The Labute approximate surface area is 800 Å². The second-order valence-electron chi connectivity index (χ2n) is 31.5. The lowest BCUT2D eigenvalue weighted by molar-refractivity contribution is -0.277. The maximum atomic E-state index is 12.4. The topological polar surface area (TPSA) is 551 Å². The second-order valence-corrected chi connectivity index (χ2v) is 35.2. The van der Waals surface area contributed by atoms with Crippen LogP contribution in [0.25, 0.3) is 4.85 Å². The predicted octanol–water partition coefficient (Wildman–Crippen LogP) is 8.29. The Balaban J connectivity index is 1.71. The number of nitrogens with zero attached hydrogens (tertiary/aromatic N) is 3. The minimum absolute atomic E-state index is 0.0592. The van der Waals surface area contributed by atoms with Crippen LogP contribution in [0.3, 0.4) is 0 Å². The SMILES string of the molecule is [C-]#[N+]CCOP(OCCCCCCO[C@@H]1OC(COC(C)=O)[C@H](OC(C)=O)[C@H](OC(C)=O)C1NC(C)=O)OCCCOCC(COCCCC)(COCCCOP(OCCC#N)OCCCCCCO[C@@H]1OC(COC(C)=O)[C@H](OC(C)=O)[C@H](OC(C)=O)C1NC(C)=O)COCCCOP(OCCC#N)OCCCCCCO[C@@H]1OC(COC(C)=O)[C@H](OC(C)=O)[C@H](OC(C)=O)C1NC(C)=O. The largest absolute Gasteiger partial charge is 0.463 e. The Morgan fingerprint density at radius 1 is 0.316 bits per heavy atom. The second kappa shape index (κ2) is 74.6. The van der Waals surface area contributed by atoms with E-state index in [1.54, 1.807) is 0 Å². The van der Waals surface area contributed by atoms with Gasteiger partial charge in [0.1, 0.15) is 62.9 Å². The average molecular weight is 2010 g/mol. The molecule has 3 rings (SSSR count). The van der Waals surface area contributed by atoms with Gasteiger partial charge >= 0.3 is 79.5 Å². The molecule has 3 heterocycles. The van der Waals surface area contributed by atoms with Crippen LogP contribution < -0.4 is 16.0 Å². The van der Waals surface area contributed by atoms with Gasteiger partial charge in [0.25, 0.3) is 0 Å². The summed E-state index contributed by atoms with van der Waals surface area (Å²) in [5.41, 5.74) is -0.874. The van der Waals surface area contributed by atoms with Crippen molar-refractivity contribution in [2.24, 2.45) is 5.41 Å². The number of nitrogens with one attached hydrogen (secondary N) is 3. The number of nitriles is 2. The van der Waals surface area contributed by atoms with Gasteiger partial charge in [-0.05, 0) is 64.2 Å². The highest BCUT2D eigenvalue weighted by Crippen LogP contribution is 2.43. The van der Waals surface area contributed by atoms with Gasteiger partial charge in [0, 0.05) is 129 Å². The molecule has 0 aromatic carbocycles. The molecular weight excluding hydrogens is 1860 g/mol. The van der Waals surface area contributed by atoms with Crippen molar-refractivity contribution in [2.75, 3.05) is 159 Å². The average Bonchev–Trinajstić information content (AvgIpc) is 0.794. The minimum Gasteiger partial charge on any atom is -0.463 e. The highest BCUT2D eigenvalue weighted by Gasteiger charge is 2.55. The molecule has 0 aliphatic carbocycles. The highest BCUT2D eigenvalue weighted by molar-refractivity contribution is 7.42. The highest BCUT2D eigenvalue weighted by atomic mass is 31.2. The number of hydrogen-bond donors (Lipinski definition) is 3. The van der Waals surface area contributed by atoms with Crippen molar-refractivity contribution in [3.05, 3.63) is 11.4 Å². The molecule has 3 aliphatic rings. The van der Waals surface area contributed by atoms with Gasteiger partial charge in [-0.25, -0.2) is 6.57 Å². The Morgan fingerprint density at radius 3 is 0.801 bits per heavy atom. The van der Waals surface area contributed by atoms with Crippen molar-refractivity contribution in [2.45, 2.75) is 304 Å². The normalized spacial score (nSPS) is 22.4. The molecular formula is C87H143N6O40P3. The standard InChI is InChI=1S/C87H143N6O40P3/c1-15-16-37-106-56-87(57-107-38-31-49-121-134(119-47-29-34-88)116-44-26-20-17-23-41-110-84-75(91-60(2)94)81(128-69(11)103)78(125-66(8)100)72(131-84)53-113-63(5)97,58-108-39-32-50-122-135(120-48-30-35-89)117-45-27-21-18-24-42-111-85-76(92-61(3)95)82(129-70(12)104)79(126-67(9)101)73(132-85)54-114-64(6)98)59-109-40-33-51-123-136(124-52-36-90-14)118-46-28-22-19-25-43-112-86-77(93-62(4)96)83(130-71(13)105)80(127-68(10)102)74(133-86)55-115-65(7)99/h72-86H,15-33,36-59H2,1-13H3,(H,91,94)(H,92,95)(H,93,96)/t72?,73?,74?,75?,76?,77?,78-,79-,80-,81+,82+,83+,84+,85+,86+,87?,134?,135?,136?/m0/s1. The number of ether oxygens (including phenoxy) is 19. The number of esters is 9. The third kappa shape index (κ3) is 56.2. The summed E-state index contributed by atoms with van der Waals surface area (Å²) in [6.07, 6.45) is -4.33. The summed E-state index contributed by atoms with van der Waals surface area (Å²) >= 11 is 0.